The summed E-state index contributed by atoms with van der Waals surface area (Å²) in [4.78, 5) is 27.0. The van der Waals surface area contributed by atoms with Crippen molar-refractivity contribution < 1.29 is 14.9 Å². The average Bonchev–Trinajstić information content (AvgIpc) is 3.19. The predicted molar refractivity (Wildman–Crippen MR) is 148 cm³/mol. The van der Waals surface area contributed by atoms with Crippen LogP contribution < -0.4 is 0 Å². The van der Waals surface area contributed by atoms with Crippen LogP contribution in [0.1, 0.15) is 80.8 Å². The maximum atomic E-state index is 12.9. The van der Waals surface area contributed by atoms with Crippen LogP contribution in [0.2, 0.25) is 0 Å². The Labute approximate surface area is 222 Å². The zero-order valence-electron chi connectivity index (χ0n) is 21.5. The van der Waals surface area contributed by atoms with Crippen molar-refractivity contribution in [3.8, 4) is 11.1 Å². The van der Waals surface area contributed by atoms with Gasteiger partial charge in [-0.3, -0.25) is 14.9 Å². The molecule has 7 heteroatoms. The highest BCUT2D eigenvalue weighted by Gasteiger charge is 2.48. The number of benzene rings is 3. The van der Waals surface area contributed by atoms with Gasteiger partial charge in [0.25, 0.3) is 5.69 Å². The molecule has 0 unspecified atom stereocenters. The van der Waals surface area contributed by atoms with E-state index in [1.54, 1.807) is 6.07 Å². The van der Waals surface area contributed by atoms with Gasteiger partial charge in [0.1, 0.15) is 5.71 Å². The van der Waals surface area contributed by atoms with Crippen LogP contribution in [-0.4, -0.2) is 21.6 Å². The van der Waals surface area contributed by atoms with Crippen molar-refractivity contribution in [1.82, 2.24) is 0 Å². The normalized spacial score (nSPS) is 13.8. The zero-order chi connectivity index (χ0) is 26.6. The monoisotopic (exact) mass is 516 g/mol. The molecule has 1 N–H and O–H groups in total. The second-order valence-electron chi connectivity index (χ2n) is 9.57. The molecule has 1 aliphatic carbocycles. The molecule has 0 fully saturated rings. The van der Waals surface area contributed by atoms with Crippen molar-refractivity contribution in [2.24, 2.45) is 5.16 Å². The molecule has 0 atom stereocenters. The van der Waals surface area contributed by atoms with Crippen molar-refractivity contribution in [3.05, 3.63) is 87.5 Å². The molecule has 0 aliphatic heterocycles. The van der Waals surface area contributed by atoms with E-state index in [0.717, 1.165) is 65.7 Å². The van der Waals surface area contributed by atoms with Crippen LogP contribution in [0.4, 0.5) is 5.69 Å². The second kappa shape index (κ2) is 11.3. The summed E-state index contributed by atoms with van der Waals surface area (Å²) >= 11 is 1.41. The average molecular weight is 517 g/mol. The first-order chi connectivity index (χ1) is 17.9. The third kappa shape index (κ3) is 4.92. The highest BCUT2D eigenvalue weighted by Crippen LogP contribution is 2.59. The fraction of sp³-hybridized carbons (Fsp3) is 0.333. The number of oxime groups is 1. The number of rotatable bonds is 11. The summed E-state index contributed by atoms with van der Waals surface area (Å²) in [6.45, 7) is 5.73. The van der Waals surface area contributed by atoms with Crippen molar-refractivity contribution in [2.75, 3.05) is 0 Å². The van der Waals surface area contributed by atoms with Crippen molar-refractivity contribution in [2.45, 2.75) is 74.5 Å². The number of unbranched alkanes of at least 4 members (excludes halogenated alkanes) is 2. The first kappa shape index (κ1) is 26.6. The summed E-state index contributed by atoms with van der Waals surface area (Å²) in [7, 11) is 0. The van der Waals surface area contributed by atoms with Crippen molar-refractivity contribution in [3.63, 3.8) is 0 Å². The van der Waals surface area contributed by atoms with Crippen LogP contribution in [-0.2, 0) is 5.41 Å². The van der Waals surface area contributed by atoms with E-state index in [4.69, 9.17) is 0 Å². The molecule has 0 radical (unpaired) electrons. The van der Waals surface area contributed by atoms with Crippen molar-refractivity contribution >= 4 is 28.9 Å². The third-order valence-electron chi connectivity index (χ3n) is 7.25. The van der Waals surface area contributed by atoms with Crippen LogP contribution in [0.3, 0.4) is 0 Å². The van der Waals surface area contributed by atoms with E-state index >= 15 is 0 Å². The van der Waals surface area contributed by atoms with Gasteiger partial charge in [-0.15, -0.1) is 0 Å². The van der Waals surface area contributed by atoms with E-state index in [2.05, 4.69) is 19.0 Å². The largest absolute Gasteiger partial charge is 0.411 e. The smallest absolute Gasteiger partial charge is 0.287 e. The third-order valence-corrected chi connectivity index (χ3v) is 8.31. The second-order valence-corrected chi connectivity index (χ2v) is 10.7. The molecule has 3 aromatic carbocycles. The highest BCUT2D eigenvalue weighted by atomic mass is 32.2. The van der Waals surface area contributed by atoms with E-state index in [1.807, 2.05) is 54.6 Å². The first-order valence-corrected chi connectivity index (χ1v) is 13.6. The Balaban J connectivity index is 2.00. The Morgan fingerprint density at radius 3 is 2.24 bits per heavy atom. The van der Waals surface area contributed by atoms with E-state index in [0.29, 0.717) is 10.5 Å². The molecule has 0 spiro atoms. The highest BCUT2D eigenvalue weighted by molar-refractivity contribution is 7.99. The molecule has 4 rings (SSSR count). The van der Waals surface area contributed by atoms with Crippen LogP contribution >= 0.6 is 11.8 Å². The molecule has 3 aromatic rings. The Morgan fingerprint density at radius 1 is 1.00 bits per heavy atom. The Morgan fingerprint density at radius 2 is 1.65 bits per heavy atom. The molecule has 6 nitrogen and oxygen atoms in total. The molecule has 0 aromatic heterocycles. The number of hydrogen-bond donors (Lipinski definition) is 1. The molecule has 0 amide bonds. The van der Waals surface area contributed by atoms with Crippen LogP contribution in [0.25, 0.3) is 11.1 Å². The zero-order valence-corrected chi connectivity index (χ0v) is 22.3. The summed E-state index contributed by atoms with van der Waals surface area (Å²) in [5, 5.41) is 25.0. The molecule has 0 saturated carbocycles. The number of Topliss-reactive ketones (excluding diaryl/α,β-unsaturated/α-hetero) is 1. The van der Waals surface area contributed by atoms with Gasteiger partial charge in [-0.2, -0.15) is 0 Å². The van der Waals surface area contributed by atoms with E-state index in [1.165, 1.54) is 18.7 Å². The molecular weight excluding hydrogens is 484 g/mol. The molecular formula is C30H32N2O4S. The lowest BCUT2D eigenvalue weighted by atomic mass is 9.70. The maximum Gasteiger partial charge on any atom is 0.287 e. The fourth-order valence-corrected chi connectivity index (χ4v) is 6.42. The van der Waals surface area contributed by atoms with Gasteiger partial charge in [0.2, 0.25) is 5.78 Å². The molecule has 37 heavy (non-hydrogen) atoms. The first-order valence-electron chi connectivity index (χ1n) is 12.8. The van der Waals surface area contributed by atoms with Gasteiger partial charge >= 0.3 is 0 Å². The van der Waals surface area contributed by atoms with Crippen LogP contribution in [0.15, 0.2) is 75.6 Å². The van der Waals surface area contributed by atoms with E-state index in [9.17, 15) is 20.1 Å². The number of carbonyl (C=O) groups is 1. The Kier molecular flexibility index (Phi) is 8.13. The minimum atomic E-state index is -0.576. The summed E-state index contributed by atoms with van der Waals surface area (Å²) in [6.07, 6.45) is 5.25. The van der Waals surface area contributed by atoms with Crippen molar-refractivity contribution in [1.29, 1.82) is 0 Å². The minimum absolute atomic E-state index is 0.00991. The SMILES string of the molecule is CCCCC1(CCCC)c2cc(C(=O)C(C)=NO)ccc2-c2ccc(Sc3ccccc3)c([N+](=O)[O-])c21. The van der Waals surface area contributed by atoms with Gasteiger partial charge in [-0.25, -0.2) is 0 Å². The number of carbonyl (C=O) groups excluding carboxylic acids is 1. The molecule has 0 heterocycles. The van der Waals surface area contributed by atoms with Gasteiger partial charge in [-0.05, 0) is 60.7 Å². The lowest BCUT2D eigenvalue weighted by molar-refractivity contribution is -0.388. The number of nitro benzene ring substituents is 1. The number of hydrogen-bond acceptors (Lipinski definition) is 6. The van der Waals surface area contributed by atoms with Gasteiger partial charge in [0.05, 0.1) is 9.82 Å². The minimum Gasteiger partial charge on any atom is -0.411 e. The molecule has 192 valence electrons. The lowest BCUT2D eigenvalue weighted by Gasteiger charge is -2.32. The fourth-order valence-electron chi connectivity index (χ4n) is 5.47. The van der Waals surface area contributed by atoms with Crippen LogP contribution in [0.5, 0.6) is 0 Å². The Hall–Kier alpha value is -3.45. The predicted octanol–water partition coefficient (Wildman–Crippen LogP) is 8.43. The van der Waals surface area contributed by atoms with Gasteiger partial charge in [-0.1, -0.05) is 92.8 Å². The number of nitro groups is 1. The maximum absolute atomic E-state index is 12.9. The number of ketones is 1. The topological polar surface area (TPSA) is 92.8 Å². The molecule has 1 aliphatic rings. The van der Waals surface area contributed by atoms with E-state index in [-0.39, 0.29) is 22.1 Å². The standard InChI is InChI=1S/C30H32N2O4S/c1-4-6-17-30(18-7-5-2)25-19-21(29(33)20(3)31-34)13-14-23(25)24-15-16-26(28(27(24)30)32(35)36)37-22-11-9-8-10-12-22/h8-16,19,34H,4-7,17-18H2,1-3H3. The lowest BCUT2D eigenvalue weighted by Crippen LogP contribution is -2.27. The molecule has 0 saturated heterocycles. The van der Waals surface area contributed by atoms with Gasteiger partial charge in [0, 0.05) is 21.4 Å². The summed E-state index contributed by atoms with van der Waals surface area (Å²) < 4.78 is 0. The number of fused-ring (bicyclic) bond motifs is 3. The summed E-state index contributed by atoms with van der Waals surface area (Å²) in [5.41, 5.74) is 3.58. The molecule has 0 bridgehead atoms. The van der Waals surface area contributed by atoms with Gasteiger partial charge < -0.3 is 5.21 Å². The van der Waals surface area contributed by atoms with Crippen LogP contribution in [0, 0.1) is 10.1 Å². The van der Waals surface area contributed by atoms with E-state index < -0.39 is 5.41 Å². The summed E-state index contributed by atoms with van der Waals surface area (Å²) in [6, 6.07) is 19.1. The van der Waals surface area contributed by atoms with Gasteiger partial charge in [0.15, 0.2) is 0 Å². The summed E-state index contributed by atoms with van der Waals surface area (Å²) in [5.74, 6) is -0.351. The Bertz CT molecular complexity index is 1340. The number of nitrogens with zero attached hydrogens (tertiary/aromatic N) is 2. The quantitative estimate of drug-likeness (QED) is 0.0907.